The summed E-state index contributed by atoms with van der Waals surface area (Å²) in [5.74, 6) is 0.219. The molecule has 0 saturated carbocycles. The lowest BCUT2D eigenvalue weighted by Crippen LogP contribution is -2.33. The fourth-order valence-electron chi connectivity index (χ4n) is 2.29. The number of likely N-dealkylation sites (N-methyl/N-ethyl adjacent to an activating group) is 1. The molecule has 3 N–H and O–H groups in total. The summed E-state index contributed by atoms with van der Waals surface area (Å²) >= 11 is 5.19. The van der Waals surface area contributed by atoms with Crippen molar-refractivity contribution < 1.29 is 5.11 Å². The zero-order valence-electron chi connectivity index (χ0n) is 11.4. The van der Waals surface area contributed by atoms with Gasteiger partial charge in [0, 0.05) is 6.54 Å². The lowest BCUT2D eigenvalue weighted by molar-refractivity contribution is 0.293. The molecule has 3 nitrogen and oxygen atoms in total. The molecular weight excluding hydrogens is 268 g/mol. The molecule has 4 heteroatoms. The topological polar surface area (TPSA) is 49.5 Å². The van der Waals surface area contributed by atoms with Crippen molar-refractivity contribution in [3.05, 3.63) is 65.7 Å². The van der Waals surface area contributed by atoms with E-state index >= 15 is 0 Å². The van der Waals surface area contributed by atoms with Gasteiger partial charge in [-0.15, -0.1) is 0 Å². The van der Waals surface area contributed by atoms with Crippen LogP contribution in [0.15, 0.2) is 54.6 Å². The van der Waals surface area contributed by atoms with E-state index in [1.807, 2.05) is 31.3 Å². The number of hydrogen-bond donors (Lipinski definition) is 2. The van der Waals surface area contributed by atoms with Gasteiger partial charge in [-0.25, -0.2) is 0 Å². The predicted molar refractivity (Wildman–Crippen MR) is 85.5 cm³/mol. The third kappa shape index (κ3) is 3.56. The zero-order valence-corrected chi connectivity index (χ0v) is 12.2. The first-order valence-electron chi connectivity index (χ1n) is 6.40. The summed E-state index contributed by atoms with van der Waals surface area (Å²) in [5, 5.41) is 9.61. The zero-order chi connectivity index (χ0) is 14.5. The monoisotopic (exact) mass is 286 g/mol. The van der Waals surface area contributed by atoms with Crippen LogP contribution in [0.1, 0.15) is 17.2 Å². The van der Waals surface area contributed by atoms with Crippen molar-refractivity contribution in [3.8, 4) is 5.75 Å². The fourth-order valence-corrected chi connectivity index (χ4v) is 2.61. The highest BCUT2D eigenvalue weighted by molar-refractivity contribution is 7.80. The van der Waals surface area contributed by atoms with Gasteiger partial charge in [0.1, 0.15) is 5.75 Å². The third-order valence-electron chi connectivity index (χ3n) is 3.17. The third-order valence-corrected chi connectivity index (χ3v) is 3.39. The van der Waals surface area contributed by atoms with Crippen LogP contribution in [0.25, 0.3) is 0 Å². The van der Waals surface area contributed by atoms with Crippen LogP contribution < -0.4 is 5.73 Å². The van der Waals surface area contributed by atoms with Crippen LogP contribution >= 0.6 is 12.2 Å². The molecule has 1 atom stereocenters. The van der Waals surface area contributed by atoms with Gasteiger partial charge in [0.25, 0.3) is 0 Å². The average molecular weight is 286 g/mol. The van der Waals surface area contributed by atoms with Crippen molar-refractivity contribution in [2.75, 3.05) is 7.05 Å². The minimum Gasteiger partial charge on any atom is -0.508 e. The molecule has 20 heavy (non-hydrogen) atoms. The van der Waals surface area contributed by atoms with Gasteiger partial charge in [0.2, 0.25) is 0 Å². The lowest BCUT2D eigenvalue weighted by Gasteiger charge is -2.27. The van der Waals surface area contributed by atoms with Gasteiger partial charge in [0.05, 0.1) is 11.0 Å². The normalized spacial score (nSPS) is 12.3. The van der Waals surface area contributed by atoms with Crippen LogP contribution in [0.5, 0.6) is 5.75 Å². The van der Waals surface area contributed by atoms with Crippen LogP contribution in [0, 0.1) is 0 Å². The highest BCUT2D eigenvalue weighted by atomic mass is 32.1. The fraction of sp³-hybridized carbons (Fsp3) is 0.188. The molecule has 0 spiro atoms. The van der Waals surface area contributed by atoms with Crippen LogP contribution in [-0.4, -0.2) is 22.0 Å². The van der Waals surface area contributed by atoms with Crippen LogP contribution in [-0.2, 0) is 6.54 Å². The Bertz CT molecular complexity index is 586. The molecule has 0 saturated heterocycles. The molecule has 1 unspecified atom stereocenters. The summed E-state index contributed by atoms with van der Waals surface area (Å²) in [6, 6.07) is 17.0. The SMILES string of the molecule is CN(Cc1ccccc1)C(C(N)=S)c1cccc(O)c1. The second-order valence-corrected chi connectivity index (χ2v) is 5.27. The van der Waals surface area contributed by atoms with E-state index in [1.54, 1.807) is 18.2 Å². The molecule has 104 valence electrons. The van der Waals surface area contributed by atoms with E-state index in [0.717, 1.165) is 12.1 Å². The van der Waals surface area contributed by atoms with Crippen molar-refractivity contribution in [2.45, 2.75) is 12.6 Å². The van der Waals surface area contributed by atoms with E-state index in [4.69, 9.17) is 18.0 Å². The Kier molecular flexibility index (Phi) is 4.71. The number of rotatable bonds is 5. The first-order chi connectivity index (χ1) is 9.58. The van der Waals surface area contributed by atoms with Gasteiger partial charge in [-0.1, -0.05) is 54.7 Å². The summed E-state index contributed by atoms with van der Waals surface area (Å²) in [7, 11) is 1.97. The summed E-state index contributed by atoms with van der Waals surface area (Å²) in [4.78, 5) is 2.47. The number of thiocarbonyl (C=S) groups is 1. The Balaban J connectivity index is 2.23. The van der Waals surface area contributed by atoms with Gasteiger partial charge >= 0.3 is 0 Å². The maximum absolute atomic E-state index is 9.61. The first kappa shape index (κ1) is 14.5. The molecule has 0 aliphatic heterocycles. The minimum absolute atomic E-state index is 0.197. The van der Waals surface area contributed by atoms with E-state index in [9.17, 15) is 5.11 Å². The molecule has 0 aromatic heterocycles. The van der Waals surface area contributed by atoms with Crippen LogP contribution in [0.4, 0.5) is 0 Å². The molecule has 0 radical (unpaired) electrons. The van der Waals surface area contributed by atoms with Crippen molar-refractivity contribution in [1.82, 2.24) is 4.90 Å². The lowest BCUT2D eigenvalue weighted by atomic mass is 10.0. The number of phenols is 1. The van der Waals surface area contributed by atoms with E-state index in [2.05, 4.69) is 17.0 Å². The Morgan fingerprint density at radius 2 is 1.90 bits per heavy atom. The summed E-state index contributed by atoms with van der Waals surface area (Å²) in [5.41, 5.74) is 7.97. The van der Waals surface area contributed by atoms with Gasteiger partial charge in [-0.3, -0.25) is 4.90 Å². The van der Waals surface area contributed by atoms with Crippen molar-refractivity contribution in [3.63, 3.8) is 0 Å². The quantitative estimate of drug-likeness (QED) is 0.830. The van der Waals surface area contributed by atoms with Crippen LogP contribution in [0.2, 0.25) is 0 Å². The molecule has 0 aliphatic carbocycles. The van der Waals surface area contributed by atoms with Crippen molar-refractivity contribution in [2.24, 2.45) is 5.73 Å². The van der Waals surface area contributed by atoms with E-state index in [-0.39, 0.29) is 11.8 Å². The molecular formula is C16H18N2OS. The summed E-state index contributed by atoms with van der Waals surface area (Å²) in [6.45, 7) is 0.735. The number of nitrogens with two attached hydrogens (primary N) is 1. The molecule has 0 bridgehead atoms. The summed E-state index contributed by atoms with van der Waals surface area (Å²) in [6.07, 6.45) is 0. The number of phenolic OH excluding ortho intramolecular Hbond substituents is 1. The van der Waals surface area contributed by atoms with E-state index in [1.165, 1.54) is 5.56 Å². The first-order valence-corrected chi connectivity index (χ1v) is 6.81. The maximum atomic E-state index is 9.61. The summed E-state index contributed by atoms with van der Waals surface area (Å²) < 4.78 is 0. The predicted octanol–water partition coefficient (Wildman–Crippen LogP) is 2.85. The molecule has 0 aliphatic rings. The minimum atomic E-state index is -0.197. The smallest absolute Gasteiger partial charge is 0.115 e. The van der Waals surface area contributed by atoms with Crippen molar-refractivity contribution >= 4 is 17.2 Å². The molecule has 2 aromatic rings. The van der Waals surface area contributed by atoms with Crippen LogP contribution in [0.3, 0.4) is 0 Å². The van der Waals surface area contributed by atoms with Gasteiger partial charge in [-0.05, 0) is 30.3 Å². The highest BCUT2D eigenvalue weighted by Gasteiger charge is 2.20. The van der Waals surface area contributed by atoms with Gasteiger partial charge < -0.3 is 10.8 Å². The van der Waals surface area contributed by atoms with Crippen molar-refractivity contribution in [1.29, 1.82) is 0 Å². The Labute approximate surface area is 124 Å². The van der Waals surface area contributed by atoms with Gasteiger partial charge in [-0.2, -0.15) is 0 Å². The molecule has 0 amide bonds. The largest absolute Gasteiger partial charge is 0.508 e. The highest BCUT2D eigenvalue weighted by Crippen LogP contribution is 2.24. The molecule has 0 heterocycles. The van der Waals surface area contributed by atoms with E-state index in [0.29, 0.717) is 4.99 Å². The number of aromatic hydroxyl groups is 1. The Morgan fingerprint density at radius 3 is 2.50 bits per heavy atom. The number of benzene rings is 2. The second kappa shape index (κ2) is 6.50. The Morgan fingerprint density at radius 1 is 1.20 bits per heavy atom. The molecule has 0 fully saturated rings. The number of nitrogens with zero attached hydrogens (tertiary/aromatic N) is 1. The second-order valence-electron chi connectivity index (χ2n) is 4.80. The standard InChI is InChI=1S/C16H18N2OS/c1-18(11-12-6-3-2-4-7-12)15(16(17)20)13-8-5-9-14(19)10-13/h2-10,15,19H,11H2,1H3,(H2,17,20). The van der Waals surface area contributed by atoms with Gasteiger partial charge in [0.15, 0.2) is 0 Å². The molecule has 2 aromatic carbocycles. The average Bonchev–Trinajstić information content (AvgIpc) is 2.39. The van der Waals surface area contributed by atoms with E-state index < -0.39 is 0 Å². The number of hydrogen-bond acceptors (Lipinski definition) is 3. The Hall–Kier alpha value is -1.91. The maximum Gasteiger partial charge on any atom is 0.115 e. The molecule has 2 rings (SSSR count).